The molecule has 0 amide bonds. The minimum atomic E-state index is -0.327. The van der Waals surface area contributed by atoms with Gasteiger partial charge in [-0.1, -0.05) is 0 Å². The molecule has 3 atom stereocenters. The van der Waals surface area contributed by atoms with Crippen LogP contribution in [0, 0.1) is 17.3 Å². The van der Waals surface area contributed by atoms with Gasteiger partial charge in [0.2, 0.25) is 0 Å². The predicted molar refractivity (Wildman–Crippen MR) is 55.2 cm³/mol. The Morgan fingerprint density at radius 2 is 1.93 bits per heavy atom. The van der Waals surface area contributed by atoms with Crippen LogP contribution < -0.4 is 0 Å². The fourth-order valence-electron chi connectivity index (χ4n) is 3.19. The van der Waals surface area contributed by atoms with Gasteiger partial charge in [-0.25, -0.2) is 0 Å². The second kappa shape index (κ2) is 3.62. The van der Waals surface area contributed by atoms with Crippen molar-refractivity contribution in [1.82, 2.24) is 0 Å². The lowest BCUT2D eigenvalue weighted by Crippen LogP contribution is -2.28. The average molecular weight is 210 g/mol. The summed E-state index contributed by atoms with van der Waals surface area (Å²) < 4.78 is 5.10. The van der Waals surface area contributed by atoms with Crippen LogP contribution in [0.1, 0.15) is 39.5 Å². The Morgan fingerprint density at radius 1 is 1.40 bits per heavy atom. The van der Waals surface area contributed by atoms with Gasteiger partial charge in [0.15, 0.2) is 0 Å². The van der Waals surface area contributed by atoms with Crippen molar-refractivity contribution in [2.24, 2.45) is 17.3 Å². The Labute approximate surface area is 90.2 Å². The summed E-state index contributed by atoms with van der Waals surface area (Å²) in [5.41, 5.74) is -0.327. The highest BCUT2D eigenvalue weighted by Gasteiger charge is 2.51. The molecule has 0 aliphatic heterocycles. The molecule has 2 saturated carbocycles. The van der Waals surface area contributed by atoms with E-state index in [2.05, 4.69) is 0 Å². The number of hydrogen-bond acceptors (Lipinski definition) is 3. The molecule has 2 fully saturated rings. The van der Waals surface area contributed by atoms with Gasteiger partial charge in [0.1, 0.15) is 5.78 Å². The van der Waals surface area contributed by atoms with E-state index in [9.17, 15) is 9.59 Å². The predicted octanol–water partition coefficient (Wildman–Crippen LogP) is 1.94. The zero-order chi connectivity index (χ0) is 11.1. The molecule has 2 rings (SSSR count). The molecule has 3 nitrogen and oxygen atoms in total. The summed E-state index contributed by atoms with van der Waals surface area (Å²) in [5, 5.41) is 0. The maximum atomic E-state index is 11.8. The van der Waals surface area contributed by atoms with E-state index >= 15 is 0 Å². The Kier molecular flexibility index (Phi) is 2.57. The van der Waals surface area contributed by atoms with Crippen molar-refractivity contribution in [3.63, 3.8) is 0 Å². The van der Waals surface area contributed by atoms with E-state index in [1.165, 1.54) is 0 Å². The molecule has 0 radical (unpaired) electrons. The van der Waals surface area contributed by atoms with Gasteiger partial charge in [-0.3, -0.25) is 9.59 Å². The van der Waals surface area contributed by atoms with Crippen LogP contribution in [0.2, 0.25) is 0 Å². The number of ketones is 1. The molecular weight excluding hydrogens is 192 g/mol. The zero-order valence-electron chi connectivity index (χ0n) is 9.41. The SMILES string of the molecule is CCOC(=O)[C@@]1(C)CC2CC(=O)C[C@H]2C1. The minimum Gasteiger partial charge on any atom is -0.466 e. The zero-order valence-corrected chi connectivity index (χ0v) is 9.41. The topological polar surface area (TPSA) is 43.4 Å². The van der Waals surface area contributed by atoms with Gasteiger partial charge < -0.3 is 4.74 Å². The highest BCUT2D eigenvalue weighted by atomic mass is 16.5. The summed E-state index contributed by atoms with van der Waals surface area (Å²) >= 11 is 0. The molecule has 0 saturated heterocycles. The van der Waals surface area contributed by atoms with Crippen LogP contribution in [0.5, 0.6) is 0 Å². The molecule has 0 heterocycles. The van der Waals surface area contributed by atoms with E-state index in [1.54, 1.807) is 0 Å². The van der Waals surface area contributed by atoms with Crippen molar-refractivity contribution >= 4 is 11.8 Å². The van der Waals surface area contributed by atoms with Gasteiger partial charge in [0.05, 0.1) is 12.0 Å². The second-order valence-corrected chi connectivity index (χ2v) is 5.16. The van der Waals surface area contributed by atoms with Crippen molar-refractivity contribution < 1.29 is 14.3 Å². The number of ether oxygens (including phenoxy) is 1. The summed E-state index contributed by atoms with van der Waals surface area (Å²) in [5.74, 6) is 1.17. The molecule has 0 aromatic heterocycles. The van der Waals surface area contributed by atoms with Gasteiger partial charge >= 0.3 is 5.97 Å². The molecule has 15 heavy (non-hydrogen) atoms. The summed E-state index contributed by atoms with van der Waals surface area (Å²) in [4.78, 5) is 23.0. The van der Waals surface area contributed by atoms with E-state index in [-0.39, 0.29) is 11.4 Å². The molecular formula is C12H18O3. The van der Waals surface area contributed by atoms with E-state index in [1.807, 2.05) is 13.8 Å². The third-order valence-corrected chi connectivity index (χ3v) is 3.84. The molecule has 2 aliphatic rings. The van der Waals surface area contributed by atoms with Gasteiger partial charge in [-0.15, -0.1) is 0 Å². The number of hydrogen-bond donors (Lipinski definition) is 0. The van der Waals surface area contributed by atoms with Gasteiger partial charge in [0, 0.05) is 12.8 Å². The van der Waals surface area contributed by atoms with Crippen LogP contribution in [-0.4, -0.2) is 18.4 Å². The fourth-order valence-corrected chi connectivity index (χ4v) is 3.19. The Bertz CT molecular complexity index is 279. The van der Waals surface area contributed by atoms with E-state index in [4.69, 9.17) is 4.74 Å². The number of Topliss-reactive ketones (excluding diaryl/α,β-unsaturated/α-hetero) is 1. The van der Waals surface area contributed by atoms with Gasteiger partial charge in [-0.05, 0) is 38.5 Å². The van der Waals surface area contributed by atoms with Crippen molar-refractivity contribution in [1.29, 1.82) is 0 Å². The first-order valence-corrected chi connectivity index (χ1v) is 5.74. The normalized spacial score (nSPS) is 39.2. The lowest BCUT2D eigenvalue weighted by Gasteiger charge is -2.22. The van der Waals surface area contributed by atoms with Crippen molar-refractivity contribution in [2.45, 2.75) is 39.5 Å². The molecule has 0 aromatic rings. The Morgan fingerprint density at radius 3 is 2.40 bits per heavy atom. The van der Waals surface area contributed by atoms with E-state index in [0.717, 1.165) is 12.8 Å². The highest BCUT2D eigenvalue weighted by Crippen LogP contribution is 2.52. The van der Waals surface area contributed by atoms with Crippen LogP contribution in [0.25, 0.3) is 0 Å². The smallest absolute Gasteiger partial charge is 0.311 e. The molecule has 1 unspecified atom stereocenters. The molecule has 0 N–H and O–H groups in total. The molecule has 0 aromatic carbocycles. The third kappa shape index (κ3) is 1.80. The summed E-state index contributed by atoms with van der Waals surface area (Å²) in [6, 6.07) is 0. The molecule has 3 heteroatoms. The van der Waals surface area contributed by atoms with Crippen LogP contribution in [0.4, 0.5) is 0 Å². The maximum Gasteiger partial charge on any atom is 0.311 e. The first kappa shape index (κ1) is 10.7. The number of fused-ring (bicyclic) bond motifs is 1. The minimum absolute atomic E-state index is 0.0770. The summed E-state index contributed by atoms with van der Waals surface area (Å²) in [6.07, 6.45) is 3.03. The lowest BCUT2D eigenvalue weighted by atomic mass is 9.86. The van der Waals surface area contributed by atoms with Crippen molar-refractivity contribution in [2.75, 3.05) is 6.61 Å². The monoisotopic (exact) mass is 210 g/mol. The maximum absolute atomic E-state index is 11.8. The quantitative estimate of drug-likeness (QED) is 0.654. The summed E-state index contributed by atoms with van der Waals surface area (Å²) in [7, 11) is 0. The average Bonchev–Trinajstić information content (AvgIpc) is 2.59. The molecule has 2 aliphatic carbocycles. The lowest BCUT2D eigenvalue weighted by molar-refractivity contribution is -0.154. The number of rotatable bonds is 2. The van der Waals surface area contributed by atoms with Crippen molar-refractivity contribution in [3.8, 4) is 0 Å². The molecule has 0 spiro atoms. The van der Waals surface area contributed by atoms with Crippen LogP contribution in [-0.2, 0) is 14.3 Å². The number of carbonyl (C=O) groups is 2. The van der Waals surface area contributed by atoms with E-state index < -0.39 is 0 Å². The molecule has 0 bridgehead atoms. The fraction of sp³-hybridized carbons (Fsp3) is 0.833. The molecule has 84 valence electrons. The standard InChI is InChI=1S/C12H18O3/c1-3-15-11(14)12(2)6-8-4-10(13)5-9(8)7-12/h8-9H,3-7H2,1-2H3/t8-,9?,12+/m0/s1. The first-order valence-electron chi connectivity index (χ1n) is 5.74. The van der Waals surface area contributed by atoms with Crippen LogP contribution in [0.15, 0.2) is 0 Å². The van der Waals surface area contributed by atoms with Gasteiger partial charge in [-0.2, -0.15) is 0 Å². The number of esters is 1. The second-order valence-electron chi connectivity index (χ2n) is 5.16. The van der Waals surface area contributed by atoms with Crippen LogP contribution in [0.3, 0.4) is 0 Å². The van der Waals surface area contributed by atoms with Crippen molar-refractivity contribution in [3.05, 3.63) is 0 Å². The summed E-state index contributed by atoms with van der Waals surface area (Å²) in [6.45, 7) is 4.26. The first-order chi connectivity index (χ1) is 7.05. The number of carbonyl (C=O) groups excluding carboxylic acids is 2. The van der Waals surface area contributed by atoms with Crippen LogP contribution >= 0.6 is 0 Å². The third-order valence-electron chi connectivity index (χ3n) is 3.84. The van der Waals surface area contributed by atoms with E-state index in [0.29, 0.717) is 37.1 Å². The largest absolute Gasteiger partial charge is 0.466 e. The Balaban J connectivity index is 2.03. The Hall–Kier alpha value is -0.860. The van der Waals surface area contributed by atoms with Gasteiger partial charge in [0.25, 0.3) is 0 Å². The highest BCUT2D eigenvalue weighted by molar-refractivity contribution is 5.83.